The molecule has 0 aromatic carbocycles. The first-order valence-corrected chi connectivity index (χ1v) is 13.0. The lowest BCUT2D eigenvalue weighted by Gasteiger charge is -2.10. The number of hydrogen-bond acceptors (Lipinski definition) is 3. The molecule has 29 heavy (non-hydrogen) atoms. The van der Waals surface area contributed by atoms with Crippen molar-refractivity contribution in [3.63, 3.8) is 0 Å². The molecule has 0 saturated carbocycles. The Labute approximate surface area is 182 Å². The van der Waals surface area contributed by atoms with Gasteiger partial charge in [0.05, 0.1) is 12.7 Å². The zero-order chi connectivity index (χ0) is 21.4. The average Bonchev–Trinajstić information content (AvgIpc) is 2.71. The molecule has 0 aliphatic carbocycles. The maximum absolute atomic E-state index is 11.7. The molecular formula is C26H52O3. The minimum atomic E-state index is -0.0948. The highest BCUT2D eigenvalue weighted by Gasteiger charge is 2.05. The number of aliphatic hydroxyl groups excluding tert-OH is 1. The average molecular weight is 413 g/mol. The highest BCUT2D eigenvalue weighted by Crippen LogP contribution is 2.14. The summed E-state index contributed by atoms with van der Waals surface area (Å²) in [5.41, 5.74) is 0. The molecule has 3 heteroatoms. The number of ether oxygens (including phenoxy) is 1. The minimum Gasteiger partial charge on any atom is -0.466 e. The zero-order valence-electron chi connectivity index (χ0n) is 19.9. The summed E-state index contributed by atoms with van der Waals surface area (Å²) in [6.45, 7) is 5.08. The van der Waals surface area contributed by atoms with E-state index >= 15 is 0 Å². The maximum atomic E-state index is 11.7. The van der Waals surface area contributed by atoms with Crippen molar-refractivity contribution >= 4 is 5.97 Å². The monoisotopic (exact) mass is 412 g/mol. The molecule has 0 aromatic heterocycles. The second-order valence-corrected chi connectivity index (χ2v) is 8.86. The molecule has 0 spiro atoms. The number of carbonyl (C=O) groups is 1. The van der Waals surface area contributed by atoms with Crippen LogP contribution >= 0.6 is 0 Å². The molecule has 0 amide bonds. The van der Waals surface area contributed by atoms with Crippen LogP contribution in [0.15, 0.2) is 0 Å². The lowest BCUT2D eigenvalue weighted by molar-refractivity contribution is -0.143. The normalized spacial score (nSPS) is 12.2. The first kappa shape index (κ1) is 28.4. The highest BCUT2D eigenvalue weighted by molar-refractivity contribution is 5.69. The van der Waals surface area contributed by atoms with Crippen LogP contribution in [0.4, 0.5) is 0 Å². The van der Waals surface area contributed by atoms with Crippen LogP contribution in [0.1, 0.15) is 149 Å². The van der Waals surface area contributed by atoms with Crippen LogP contribution in [0.25, 0.3) is 0 Å². The van der Waals surface area contributed by atoms with E-state index in [1.54, 1.807) is 0 Å². The van der Waals surface area contributed by atoms with Crippen LogP contribution in [0.2, 0.25) is 0 Å². The number of hydrogen-bond donors (Lipinski definition) is 1. The van der Waals surface area contributed by atoms with Gasteiger partial charge in [0.1, 0.15) is 0 Å². The number of esters is 1. The summed E-state index contributed by atoms with van der Waals surface area (Å²) in [4.78, 5) is 11.7. The molecular weight excluding hydrogens is 360 g/mol. The van der Waals surface area contributed by atoms with E-state index in [0.29, 0.717) is 13.0 Å². The molecule has 174 valence electrons. The Morgan fingerprint density at radius 3 is 1.55 bits per heavy atom. The number of carbonyl (C=O) groups excluding carboxylic acids is 1. The second-order valence-electron chi connectivity index (χ2n) is 8.86. The number of unbranched alkanes of at least 4 members (excludes halogenated alkanes) is 15. The van der Waals surface area contributed by atoms with Crippen LogP contribution in [0.3, 0.4) is 0 Å². The summed E-state index contributed by atoms with van der Waals surface area (Å²) in [6.07, 6.45) is 24.4. The van der Waals surface area contributed by atoms with Gasteiger partial charge in [0.2, 0.25) is 0 Å². The molecule has 0 rings (SSSR count). The molecule has 0 bridgehead atoms. The van der Waals surface area contributed by atoms with Crippen molar-refractivity contribution in [3.8, 4) is 0 Å². The van der Waals surface area contributed by atoms with Gasteiger partial charge in [-0.2, -0.15) is 0 Å². The summed E-state index contributed by atoms with van der Waals surface area (Å²) in [5.74, 6) is -0.0172. The first-order valence-electron chi connectivity index (χ1n) is 13.0. The van der Waals surface area contributed by atoms with Gasteiger partial charge in [-0.25, -0.2) is 0 Å². The molecule has 0 heterocycles. The van der Waals surface area contributed by atoms with Gasteiger partial charge >= 0.3 is 5.97 Å². The smallest absolute Gasteiger partial charge is 0.305 e. The van der Waals surface area contributed by atoms with E-state index in [2.05, 4.69) is 13.8 Å². The van der Waals surface area contributed by atoms with Gasteiger partial charge in [0.25, 0.3) is 0 Å². The molecule has 0 radical (unpaired) electrons. The van der Waals surface area contributed by atoms with Crippen LogP contribution in [-0.4, -0.2) is 23.8 Å². The molecule has 1 atom stereocenters. The van der Waals surface area contributed by atoms with E-state index in [1.165, 1.54) is 89.9 Å². The van der Waals surface area contributed by atoms with Crippen LogP contribution < -0.4 is 0 Å². The topological polar surface area (TPSA) is 46.5 Å². The quantitative estimate of drug-likeness (QED) is 0.136. The highest BCUT2D eigenvalue weighted by atomic mass is 16.5. The van der Waals surface area contributed by atoms with E-state index in [-0.39, 0.29) is 12.1 Å². The fourth-order valence-electron chi connectivity index (χ4n) is 3.80. The van der Waals surface area contributed by atoms with Crippen molar-refractivity contribution in [1.29, 1.82) is 0 Å². The molecule has 0 aliphatic rings. The van der Waals surface area contributed by atoms with Crippen molar-refractivity contribution in [3.05, 3.63) is 0 Å². The van der Waals surface area contributed by atoms with E-state index < -0.39 is 0 Å². The third-order valence-electron chi connectivity index (χ3n) is 5.82. The predicted octanol–water partition coefficient (Wildman–Crippen LogP) is 8.12. The minimum absolute atomic E-state index is 0.0172. The lowest BCUT2D eigenvalue weighted by atomic mass is 10.0. The van der Waals surface area contributed by atoms with Crippen molar-refractivity contribution in [1.82, 2.24) is 0 Å². The largest absolute Gasteiger partial charge is 0.466 e. The molecule has 0 saturated heterocycles. The molecule has 0 fully saturated rings. The maximum Gasteiger partial charge on any atom is 0.305 e. The summed E-state index contributed by atoms with van der Waals surface area (Å²) < 4.78 is 5.31. The predicted molar refractivity (Wildman–Crippen MR) is 125 cm³/mol. The fourth-order valence-corrected chi connectivity index (χ4v) is 3.80. The van der Waals surface area contributed by atoms with Gasteiger partial charge in [-0.3, -0.25) is 4.79 Å². The first-order chi connectivity index (χ1) is 14.2. The molecule has 3 nitrogen and oxygen atoms in total. The van der Waals surface area contributed by atoms with Gasteiger partial charge in [-0.15, -0.1) is 0 Å². The summed E-state index contributed by atoms with van der Waals surface area (Å²) in [7, 11) is 0. The number of rotatable bonds is 23. The summed E-state index contributed by atoms with van der Waals surface area (Å²) in [5, 5.41) is 10.0. The SMILES string of the molecule is CCCCCCCCOC(=O)CCCCCCCCC(O)CCCCCCCC. The Morgan fingerprint density at radius 1 is 0.621 bits per heavy atom. The Hall–Kier alpha value is -0.570. The van der Waals surface area contributed by atoms with Gasteiger partial charge in [0.15, 0.2) is 0 Å². The van der Waals surface area contributed by atoms with Gasteiger partial charge < -0.3 is 9.84 Å². The molecule has 0 aliphatic heterocycles. The van der Waals surface area contributed by atoms with E-state index in [0.717, 1.165) is 38.5 Å². The van der Waals surface area contributed by atoms with Crippen LogP contribution in [0, 0.1) is 0 Å². The second kappa shape index (κ2) is 23.7. The lowest BCUT2D eigenvalue weighted by Crippen LogP contribution is -2.06. The Morgan fingerprint density at radius 2 is 1.03 bits per heavy atom. The zero-order valence-corrected chi connectivity index (χ0v) is 19.9. The Kier molecular flexibility index (Phi) is 23.2. The van der Waals surface area contributed by atoms with Gasteiger partial charge in [-0.1, -0.05) is 117 Å². The van der Waals surface area contributed by atoms with E-state index in [4.69, 9.17) is 4.74 Å². The molecule has 1 unspecified atom stereocenters. The van der Waals surface area contributed by atoms with E-state index in [9.17, 15) is 9.90 Å². The van der Waals surface area contributed by atoms with Gasteiger partial charge in [-0.05, 0) is 25.7 Å². The van der Waals surface area contributed by atoms with Crippen LogP contribution in [0.5, 0.6) is 0 Å². The Bertz CT molecular complexity index is 330. The standard InChI is InChI=1S/C26H52O3/c1-3-5-7-9-13-17-21-25(27)22-18-14-11-12-15-19-23-26(28)29-24-20-16-10-8-6-4-2/h25,27H,3-24H2,1-2H3. The van der Waals surface area contributed by atoms with Crippen molar-refractivity contribution in [2.24, 2.45) is 0 Å². The molecule has 0 aromatic rings. The molecule has 1 N–H and O–H groups in total. The van der Waals surface area contributed by atoms with Crippen molar-refractivity contribution in [2.75, 3.05) is 6.61 Å². The van der Waals surface area contributed by atoms with Crippen LogP contribution in [-0.2, 0) is 9.53 Å². The number of aliphatic hydroxyl groups is 1. The van der Waals surface area contributed by atoms with E-state index in [1.807, 2.05) is 0 Å². The fraction of sp³-hybridized carbons (Fsp3) is 0.962. The van der Waals surface area contributed by atoms with Crippen molar-refractivity contribution < 1.29 is 14.6 Å². The van der Waals surface area contributed by atoms with Gasteiger partial charge in [0, 0.05) is 6.42 Å². The third-order valence-corrected chi connectivity index (χ3v) is 5.82. The summed E-state index contributed by atoms with van der Waals surface area (Å²) >= 11 is 0. The summed E-state index contributed by atoms with van der Waals surface area (Å²) in [6, 6.07) is 0. The Balaban J connectivity index is 3.24. The van der Waals surface area contributed by atoms with Crippen molar-refractivity contribution in [2.45, 2.75) is 155 Å². The third kappa shape index (κ3) is 23.6.